The van der Waals surface area contributed by atoms with Gasteiger partial charge in [-0.2, -0.15) is 0 Å². The second-order valence-electron chi connectivity index (χ2n) is 3.77. The largest absolute Gasteiger partial charge is 0.344 e. The van der Waals surface area contributed by atoms with Gasteiger partial charge in [0.1, 0.15) is 5.82 Å². The van der Waals surface area contributed by atoms with Gasteiger partial charge in [0.25, 0.3) is 5.92 Å². The van der Waals surface area contributed by atoms with Crippen molar-refractivity contribution >= 4 is 5.82 Å². The molecule has 0 amide bonds. The normalized spacial score (nSPS) is 18.7. The van der Waals surface area contributed by atoms with E-state index >= 15 is 0 Å². The van der Waals surface area contributed by atoms with Gasteiger partial charge >= 0.3 is 0 Å². The van der Waals surface area contributed by atoms with Gasteiger partial charge in [-0.25, -0.2) is 13.8 Å². The number of halogens is 2. The predicted molar refractivity (Wildman–Crippen MR) is 54.2 cm³/mol. The number of hydrogen-bond donors (Lipinski definition) is 1. The zero-order valence-electron chi connectivity index (χ0n) is 8.50. The number of hydrogen-bond acceptors (Lipinski definition) is 3. The van der Waals surface area contributed by atoms with Gasteiger partial charge in [-0.15, -0.1) is 0 Å². The molecule has 1 N–H and O–H groups in total. The molecule has 0 aliphatic carbocycles. The van der Waals surface area contributed by atoms with Crippen LogP contribution in [0.1, 0.15) is 5.56 Å². The molecule has 1 fully saturated rings. The molecule has 82 valence electrons. The summed E-state index contributed by atoms with van der Waals surface area (Å²) in [4.78, 5) is 5.71. The van der Waals surface area contributed by atoms with Crippen molar-refractivity contribution in [3.05, 3.63) is 23.9 Å². The summed E-state index contributed by atoms with van der Waals surface area (Å²) in [6.45, 7) is 0.306. The smallest absolute Gasteiger partial charge is 0.282 e. The minimum absolute atomic E-state index is 0.217. The quantitative estimate of drug-likeness (QED) is 0.819. The summed E-state index contributed by atoms with van der Waals surface area (Å²) in [5.41, 5.74) is 1.05. The van der Waals surface area contributed by atoms with Crippen LogP contribution in [0.25, 0.3) is 0 Å². The molecule has 0 aromatic carbocycles. The number of nitrogens with one attached hydrogen (secondary N) is 1. The highest BCUT2D eigenvalue weighted by atomic mass is 19.3. The van der Waals surface area contributed by atoms with E-state index in [9.17, 15) is 8.78 Å². The molecule has 3 nitrogen and oxygen atoms in total. The molecule has 2 rings (SSSR count). The van der Waals surface area contributed by atoms with E-state index in [0.717, 1.165) is 12.1 Å². The van der Waals surface area contributed by atoms with Crippen LogP contribution in [-0.4, -0.2) is 31.0 Å². The van der Waals surface area contributed by atoms with Crippen molar-refractivity contribution < 1.29 is 8.78 Å². The molecule has 0 saturated carbocycles. The van der Waals surface area contributed by atoms with Crippen molar-refractivity contribution in [3.8, 4) is 0 Å². The van der Waals surface area contributed by atoms with Crippen molar-refractivity contribution in [2.75, 3.05) is 25.0 Å². The lowest BCUT2D eigenvalue weighted by molar-refractivity contribution is -0.0267. The topological polar surface area (TPSA) is 28.2 Å². The number of alkyl halides is 2. The van der Waals surface area contributed by atoms with Gasteiger partial charge < -0.3 is 10.2 Å². The summed E-state index contributed by atoms with van der Waals surface area (Å²) in [5, 5.41) is 3.00. The number of anilines is 1. The van der Waals surface area contributed by atoms with Crippen LogP contribution in [-0.2, 0) is 6.54 Å². The summed E-state index contributed by atoms with van der Waals surface area (Å²) in [6.07, 6.45) is 1.71. The van der Waals surface area contributed by atoms with Crippen LogP contribution < -0.4 is 10.2 Å². The average molecular weight is 213 g/mol. The van der Waals surface area contributed by atoms with E-state index in [1.165, 1.54) is 0 Å². The lowest BCUT2D eigenvalue weighted by atomic mass is 10.1. The molecule has 1 saturated heterocycles. The number of rotatable bonds is 3. The van der Waals surface area contributed by atoms with E-state index in [2.05, 4.69) is 10.3 Å². The highest BCUT2D eigenvalue weighted by Crippen LogP contribution is 2.30. The molecule has 0 radical (unpaired) electrons. The van der Waals surface area contributed by atoms with Gasteiger partial charge in [0.2, 0.25) is 0 Å². The van der Waals surface area contributed by atoms with Gasteiger partial charge in [0, 0.05) is 12.7 Å². The standard InChI is InChI=1S/C10H13F2N3/c1-13-4-8-2-3-9(14-5-8)15-6-10(11,12)7-15/h2-3,5,13H,4,6-7H2,1H3. The SMILES string of the molecule is CNCc1ccc(N2CC(F)(F)C2)nc1. The van der Waals surface area contributed by atoms with Crippen molar-refractivity contribution in [2.45, 2.75) is 12.5 Å². The molecule has 15 heavy (non-hydrogen) atoms. The van der Waals surface area contributed by atoms with E-state index in [4.69, 9.17) is 0 Å². The maximum atomic E-state index is 12.6. The first-order valence-electron chi connectivity index (χ1n) is 4.83. The fraction of sp³-hybridized carbons (Fsp3) is 0.500. The molecule has 2 heterocycles. The zero-order valence-corrected chi connectivity index (χ0v) is 8.50. The molecule has 1 aliphatic heterocycles. The summed E-state index contributed by atoms with van der Waals surface area (Å²) >= 11 is 0. The molecular weight excluding hydrogens is 200 g/mol. The van der Waals surface area contributed by atoms with E-state index in [1.807, 2.05) is 13.1 Å². The minimum Gasteiger partial charge on any atom is -0.344 e. The Labute approximate surface area is 87.1 Å². The van der Waals surface area contributed by atoms with Crippen LogP contribution in [0, 0.1) is 0 Å². The second-order valence-corrected chi connectivity index (χ2v) is 3.77. The van der Waals surface area contributed by atoms with Crippen LogP contribution in [0.2, 0.25) is 0 Å². The lowest BCUT2D eigenvalue weighted by Crippen LogP contribution is -2.56. The van der Waals surface area contributed by atoms with Crippen LogP contribution in [0.4, 0.5) is 14.6 Å². The monoisotopic (exact) mass is 213 g/mol. The highest BCUT2D eigenvalue weighted by Gasteiger charge is 2.44. The van der Waals surface area contributed by atoms with Gasteiger partial charge in [-0.3, -0.25) is 0 Å². The molecule has 0 atom stereocenters. The third kappa shape index (κ3) is 2.23. The van der Waals surface area contributed by atoms with Crippen molar-refractivity contribution in [1.29, 1.82) is 0 Å². The Hall–Kier alpha value is -1.23. The number of nitrogens with zero attached hydrogens (tertiary/aromatic N) is 2. The summed E-state index contributed by atoms with van der Waals surface area (Å²) in [6, 6.07) is 3.68. The Balaban J connectivity index is 1.99. The third-order valence-electron chi connectivity index (χ3n) is 2.36. The van der Waals surface area contributed by atoms with E-state index < -0.39 is 5.92 Å². The molecule has 5 heteroatoms. The average Bonchev–Trinajstić information content (AvgIpc) is 2.16. The molecule has 1 aromatic rings. The first-order chi connectivity index (χ1) is 7.11. The Morgan fingerprint density at radius 2 is 2.20 bits per heavy atom. The number of pyridine rings is 1. The summed E-state index contributed by atoms with van der Waals surface area (Å²) in [5.74, 6) is -1.91. The van der Waals surface area contributed by atoms with Gasteiger partial charge in [0.15, 0.2) is 0 Å². The maximum absolute atomic E-state index is 12.6. The van der Waals surface area contributed by atoms with Gasteiger partial charge in [0.05, 0.1) is 13.1 Å². The molecule has 1 aromatic heterocycles. The van der Waals surface area contributed by atoms with Gasteiger partial charge in [-0.05, 0) is 18.7 Å². The Morgan fingerprint density at radius 3 is 2.67 bits per heavy atom. The summed E-state index contributed by atoms with van der Waals surface area (Å²) < 4.78 is 25.2. The number of aromatic nitrogens is 1. The second kappa shape index (κ2) is 3.73. The molecule has 0 spiro atoms. The van der Waals surface area contributed by atoms with Crippen molar-refractivity contribution in [2.24, 2.45) is 0 Å². The highest BCUT2D eigenvalue weighted by molar-refractivity contribution is 5.43. The summed E-state index contributed by atoms with van der Waals surface area (Å²) in [7, 11) is 1.85. The van der Waals surface area contributed by atoms with E-state index in [-0.39, 0.29) is 13.1 Å². The Bertz CT molecular complexity index is 329. The van der Waals surface area contributed by atoms with Gasteiger partial charge in [-0.1, -0.05) is 6.07 Å². The fourth-order valence-electron chi connectivity index (χ4n) is 1.59. The third-order valence-corrected chi connectivity index (χ3v) is 2.36. The van der Waals surface area contributed by atoms with Crippen LogP contribution in [0.5, 0.6) is 0 Å². The predicted octanol–water partition coefficient (Wildman–Crippen LogP) is 1.26. The molecule has 0 unspecified atom stereocenters. The van der Waals surface area contributed by atoms with Crippen LogP contribution in [0.15, 0.2) is 18.3 Å². The lowest BCUT2D eigenvalue weighted by Gasteiger charge is -2.39. The van der Waals surface area contributed by atoms with E-state index in [1.54, 1.807) is 17.2 Å². The molecular formula is C10H13F2N3. The Morgan fingerprint density at radius 1 is 1.47 bits per heavy atom. The first-order valence-corrected chi connectivity index (χ1v) is 4.83. The van der Waals surface area contributed by atoms with Crippen LogP contribution >= 0.6 is 0 Å². The zero-order chi connectivity index (χ0) is 10.9. The van der Waals surface area contributed by atoms with Crippen molar-refractivity contribution in [1.82, 2.24) is 10.3 Å². The van der Waals surface area contributed by atoms with Crippen LogP contribution in [0.3, 0.4) is 0 Å². The first kappa shape index (κ1) is 10.3. The molecule has 0 bridgehead atoms. The maximum Gasteiger partial charge on any atom is 0.282 e. The molecule has 1 aliphatic rings. The van der Waals surface area contributed by atoms with E-state index in [0.29, 0.717) is 5.82 Å². The minimum atomic E-state index is -2.54. The fourth-order valence-corrected chi connectivity index (χ4v) is 1.59. The van der Waals surface area contributed by atoms with Crippen molar-refractivity contribution in [3.63, 3.8) is 0 Å². The Kier molecular flexibility index (Phi) is 2.56.